The molecule has 0 aliphatic carbocycles. The van der Waals surface area contributed by atoms with Crippen molar-refractivity contribution < 1.29 is 13.2 Å². The summed E-state index contributed by atoms with van der Waals surface area (Å²) in [7, 11) is -3.22. The second-order valence-electron chi connectivity index (χ2n) is 5.93. The van der Waals surface area contributed by atoms with E-state index in [0.717, 1.165) is 28.5 Å². The highest BCUT2D eigenvalue weighted by atomic mass is 32.2. The lowest BCUT2D eigenvalue weighted by Crippen LogP contribution is -2.46. The predicted molar refractivity (Wildman–Crippen MR) is 100 cm³/mol. The van der Waals surface area contributed by atoms with Gasteiger partial charge in [-0.05, 0) is 37.3 Å². The summed E-state index contributed by atoms with van der Waals surface area (Å²) >= 11 is 3.34. The van der Waals surface area contributed by atoms with E-state index in [1.54, 1.807) is 30.0 Å². The molecule has 3 rings (SSSR count). The number of hydrogen-bond acceptors (Lipinski definition) is 5. The summed E-state index contributed by atoms with van der Waals surface area (Å²) < 4.78 is 25.7. The molecule has 0 aromatic carbocycles. The minimum Gasteiger partial charge on any atom is -0.306 e. The smallest absolute Gasteiger partial charge is 0.231 e. The summed E-state index contributed by atoms with van der Waals surface area (Å²) in [6.45, 7) is 3.21. The Morgan fingerprint density at radius 2 is 2.25 bits per heavy atom. The van der Waals surface area contributed by atoms with Crippen molar-refractivity contribution in [1.82, 2.24) is 9.21 Å². The van der Waals surface area contributed by atoms with Gasteiger partial charge < -0.3 is 4.90 Å². The lowest BCUT2D eigenvalue weighted by Gasteiger charge is -2.33. The molecule has 0 bridgehead atoms. The minimum absolute atomic E-state index is 0.0683. The Hall–Kier alpha value is -0.830. The molecule has 0 radical (unpaired) electrons. The average molecular weight is 387 g/mol. The standard InChI is InChI=1S/C16H22N2O3S3/c1-2-24(20,21)17-7-3-5-13(12-17)16(19)18-8-10-23-15(18)11-14-6-4-9-22-14/h4,6,9,11,13H,2-3,5,7-8,10,12H2,1H3/b15-11+/t13-/m0/s1. The van der Waals surface area contributed by atoms with Gasteiger partial charge >= 0.3 is 0 Å². The molecule has 0 N–H and O–H groups in total. The van der Waals surface area contributed by atoms with Crippen molar-refractivity contribution in [3.63, 3.8) is 0 Å². The number of rotatable bonds is 4. The number of amides is 1. The van der Waals surface area contributed by atoms with Gasteiger partial charge in [-0.2, -0.15) is 0 Å². The van der Waals surface area contributed by atoms with Crippen molar-refractivity contribution in [3.05, 3.63) is 27.4 Å². The monoisotopic (exact) mass is 386 g/mol. The van der Waals surface area contributed by atoms with Crippen LogP contribution in [-0.4, -0.2) is 54.7 Å². The fourth-order valence-corrected chi connectivity index (χ4v) is 6.00. The van der Waals surface area contributed by atoms with Crippen LogP contribution in [0.1, 0.15) is 24.6 Å². The molecule has 0 spiro atoms. The molecule has 2 fully saturated rings. The van der Waals surface area contributed by atoms with Gasteiger partial charge in [0.05, 0.1) is 16.7 Å². The SMILES string of the molecule is CCS(=O)(=O)N1CCC[C@H](C(=O)N2CCS/C2=C/c2cccs2)C1. The summed E-state index contributed by atoms with van der Waals surface area (Å²) in [6.07, 6.45) is 3.58. The number of hydrogen-bond donors (Lipinski definition) is 0. The molecule has 2 aliphatic heterocycles. The van der Waals surface area contributed by atoms with Gasteiger partial charge in [0.1, 0.15) is 0 Å². The zero-order valence-electron chi connectivity index (χ0n) is 13.7. The molecule has 1 amide bonds. The molecule has 1 aromatic rings. The maximum atomic E-state index is 13.0. The minimum atomic E-state index is -3.22. The fourth-order valence-electron chi connectivity index (χ4n) is 3.06. The largest absolute Gasteiger partial charge is 0.306 e. The van der Waals surface area contributed by atoms with Gasteiger partial charge in [-0.15, -0.1) is 23.1 Å². The Morgan fingerprint density at radius 1 is 1.42 bits per heavy atom. The van der Waals surface area contributed by atoms with Crippen molar-refractivity contribution >= 4 is 45.1 Å². The zero-order valence-corrected chi connectivity index (χ0v) is 16.1. The Labute approximate surface area is 151 Å². The lowest BCUT2D eigenvalue weighted by molar-refractivity contribution is -0.133. The quantitative estimate of drug-likeness (QED) is 0.798. The van der Waals surface area contributed by atoms with Gasteiger partial charge in [0.25, 0.3) is 0 Å². The van der Waals surface area contributed by atoms with Crippen molar-refractivity contribution in [2.75, 3.05) is 31.1 Å². The molecule has 2 aliphatic rings. The first-order valence-electron chi connectivity index (χ1n) is 8.18. The topological polar surface area (TPSA) is 57.7 Å². The van der Waals surface area contributed by atoms with Gasteiger partial charge in [0, 0.05) is 30.3 Å². The number of piperidine rings is 1. The van der Waals surface area contributed by atoms with Crippen molar-refractivity contribution in [1.29, 1.82) is 0 Å². The van der Waals surface area contributed by atoms with Crippen LogP contribution in [0.3, 0.4) is 0 Å². The van der Waals surface area contributed by atoms with Crippen LogP contribution in [0.15, 0.2) is 22.5 Å². The molecule has 132 valence electrons. The number of carbonyl (C=O) groups excluding carboxylic acids is 1. The zero-order chi connectivity index (χ0) is 17.2. The third-order valence-electron chi connectivity index (χ3n) is 4.40. The number of thiophene rings is 1. The molecule has 3 heterocycles. The highest BCUT2D eigenvalue weighted by Gasteiger charge is 2.35. The molecule has 1 aromatic heterocycles. The second kappa shape index (κ2) is 7.59. The first-order chi connectivity index (χ1) is 11.5. The van der Waals surface area contributed by atoms with Crippen molar-refractivity contribution in [3.8, 4) is 0 Å². The molecule has 8 heteroatoms. The Morgan fingerprint density at radius 3 is 2.96 bits per heavy atom. The first-order valence-corrected chi connectivity index (χ1v) is 11.7. The molecule has 5 nitrogen and oxygen atoms in total. The average Bonchev–Trinajstić information content (AvgIpc) is 3.26. The summed E-state index contributed by atoms with van der Waals surface area (Å²) in [5, 5.41) is 3.00. The number of thioether (sulfide) groups is 1. The maximum absolute atomic E-state index is 13.0. The van der Waals surface area contributed by atoms with Gasteiger partial charge in [0.15, 0.2) is 0 Å². The van der Waals surface area contributed by atoms with Crippen LogP contribution in [0.5, 0.6) is 0 Å². The van der Waals surface area contributed by atoms with E-state index in [2.05, 4.69) is 6.08 Å². The number of sulfonamides is 1. The third-order valence-corrected chi connectivity index (χ3v) is 8.09. The highest BCUT2D eigenvalue weighted by Crippen LogP contribution is 2.33. The van der Waals surface area contributed by atoms with Crippen LogP contribution < -0.4 is 0 Å². The fraction of sp³-hybridized carbons (Fsp3) is 0.562. The molecular weight excluding hydrogens is 364 g/mol. The predicted octanol–water partition coefficient (Wildman–Crippen LogP) is 2.68. The molecule has 0 unspecified atom stereocenters. The summed E-state index contributed by atoms with van der Waals surface area (Å²) in [6, 6.07) is 4.03. The van der Waals surface area contributed by atoms with E-state index in [1.165, 1.54) is 4.31 Å². The Balaban J connectivity index is 1.73. The molecule has 2 saturated heterocycles. The van der Waals surface area contributed by atoms with E-state index in [4.69, 9.17) is 0 Å². The van der Waals surface area contributed by atoms with Crippen molar-refractivity contribution in [2.24, 2.45) is 5.92 Å². The van der Waals surface area contributed by atoms with Crippen LogP contribution in [-0.2, 0) is 14.8 Å². The van der Waals surface area contributed by atoms with Crippen LogP contribution in [0.4, 0.5) is 0 Å². The Bertz CT molecular complexity index is 713. The first kappa shape index (κ1) is 18.0. The summed E-state index contributed by atoms with van der Waals surface area (Å²) in [5.74, 6) is 0.827. The maximum Gasteiger partial charge on any atom is 0.231 e. The van der Waals surface area contributed by atoms with E-state index < -0.39 is 10.0 Å². The van der Waals surface area contributed by atoms with Gasteiger partial charge in [-0.1, -0.05) is 6.07 Å². The van der Waals surface area contributed by atoms with E-state index in [1.807, 2.05) is 22.4 Å². The number of carbonyl (C=O) groups is 1. The van der Waals surface area contributed by atoms with Crippen LogP contribution in [0.25, 0.3) is 6.08 Å². The summed E-state index contributed by atoms with van der Waals surface area (Å²) in [4.78, 5) is 15.9. The lowest BCUT2D eigenvalue weighted by atomic mass is 9.98. The third kappa shape index (κ3) is 3.87. The number of nitrogens with zero attached hydrogens (tertiary/aromatic N) is 2. The van der Waals surface area contributed by atoms with Gasteiger partial charge in [0.2, 0.25) is 15.9 Å². The molecule has 24 heavy (non-hydrogen) atoms. The Kier molecular flexibility index (Phi) is 5.69. The van der Waals surface area contributed by atoms with Crippen LogP contribution in [0, 0.1) is 5.92 Å². The normalized spacial score (nSPS) is 24.6. The van der Waals surface area contributed by atoms with Crippen LogP contribution in [0.2, 0.25) is 0 Å². The molecular formula is C16H22N2O3S3. The molecule has 1 atom stereocenters. The van der Waals surface area contributed by atoms with E-state index >= 15 is 0 Å². The highest BCUT2D eigenvalue weighted by molar-refractivity contribution is 8.03. The van der Waals surface area contributed by atoms with E-state index in [-0.39, 0.29) is 17.6 Å². The van der Waals surface area contributed by atoms with Crippen LogP contribution >= 0.6 is 23.1 Å². The van der Waals surface area contributed by atoms with E-state index in [9.17, 15) is 13.2 Å². The van der Waals surface area contributed by atoms with E-state index in [0.29, 0.717) is 19.6 Å². The summed E-state index contributed by atoms with van der Waals surface area (Å²) in [5.41, 5.74) is 0. The molecule has 0 saturated carbocycles. The van der Waals surface area contributed by atoms with Crippen molar-refractivity contribution in [2.45, 2.75) is 19.8 Å². The van der Waals surface area contributed by atoms with Gasteiger partial charge in [-0.3, -0.25) is 4.79 Å². The van der Waals surface area contributed by atoms with Gasteiger partial charge in [-0.25, -0.2) is 12.7 Å². The second-order valence-corrected chi connectivity index (χ2v) is 10.3.